The Labute approximate surface area is 230 Å². The molecule has 0 bridgehead atoms. The molecule has 3 rings (SSSR count). The Morgan fingerprint density at radius 1 is 1.08 bits per heavy atom. The van der Waals surface area contributed by atoms with Crippen molar-refractivity contribution in [2.75, 3.05) is 14.2 Å². The first-order valence-corrected chi connectivity index (χ1v) is 14.2. The summed E-state index contributed by atoms with van der Waals surface area (Å²) in [6.45, 7) is 21.6. The quantitative estimate of drug-likeness (QED) is 0.246. The second-order valence-electron chi connectivity index (χ2n) is 13.1. The molecule has 5 nitrogen and oxygen atoms in total. The molecule has 0 heterocycles. The smallest absolute Gasteiger partial charge is 0.309 e. The lowest BCUT2D eigenvalue weighted by Crippen LogP contribution is -2.49. The molecule has 1 saturated carbocycles. The number of hydrogen-bond acceptors (Lipinski definition) is 5. The van der Waals surface area contributed by atoms with Gasteiger partial charge in [0.1, 0.15) is 0 Å². The first-order valence-electron chi connectivity index (χ1n) is 14.2. The van der Waals surface area contributed by atoms with Crippen LogP contribution in [0.2, 0.25) is 0 Å². The van der Waals surface area contributed by atoms with Gasteiger partial charge in [-0.05, 0) is 79.3 Å². The molecule has 1 fully saturated rings. The standard InChI is InChI=1S/C33H50O5/c1-20(2)22(5)11-12-23(30(36)38-10)29-27(34)19-33(8)26-14-13-24(21(3)4)31(6,17-16-28(35)37-9)25(26)15-18-32(29,33)7/h14-15,20,23-24,27,29,34H,3,5,11-13,16-19H2,1-2,4,6-10H3/t23?,24-,27+,29-,31-,32+,33-/m0/s1. The fourth-order valence-electron chi connectivity index (χ4n) is 8.09. The van der Waals surface area contributed by atoms with Crippen LogP contribution in [-0.4, -0.2) is 37.4 Å². The number of esters is 2. The van der Waals surface area contributed by atoms with Gasteiger partial charge in [-0.2, -0.15) is 0 Å². The number of rotatable bonds is 10. The van der Waals surface area contributed by atoms with E-state index in [1.807, 2.05) is 0 Å². The van der Waals surface area contributed by atoms with Crippen LogP contribution in [0.5, 0.6) is 0 Å². The molecule has 3 aliphatic carbocycles. The zero-order valence-electron chi connectivity index (χ0n) is 25.0. The highest BCUT2D eigenvalue weighted by Crippen LogP contribution is 2.70. The number of aliphatic hydroxyl groups is 1. The molecule has 1 unspecified atom stereocenters. The molecule has 0 saturated heterocycles. The molecule has 5 heteroatoms. The molecule has 0 spiro atoms. The minimum atomic E-state index is -0.616. The lowest BCUT2D eigenvalue weighted by Gasteiger charge is -2.56. The van der Waals surface area contributed by atoms with Gasteiger partial charge in [0, 0.05) is 17.8 Å². The Morgan fingerprint density at radius 3 is 2.29 bits per heavy atom. The van der Waals surface area contributed by atoms with Crippen LogP contribution >= 0.6 is 0 Å². The monoisotopic (exact) mass is 526 g/mol. The maximum absolute atomic E-state index is 13.2. The average Bonchev–Trinajstić information content (AvgIpc) is 3.07. The third-order valence-electron chi connectivity index (χ3n) is 10.8. The van der Waals surface area contributed by atoms with Gasteiger partial charge in [0.05, 0.1) is 26.2 Å². The minimum absolute atomic E-state index is 0.199. The van der Waals surface area contributed by atoms with Gasteiger partial charge in [0.25, 0.3) is 0 Å². The predicted molar refractivity (Wildman–Crippen MR) is 152 cm³/mol. The normalized spacial score (nSPS) is 34.9. The van der Waals surface area contributed by atoms with Crippen molar-refractivity contribution in [2.45, 2.75) is 92.6 Å². The molecule has 38 heavy (non-hydrogen) atoms. The summed E-state index contributed by atoms with van der Waals surface area (Å²) in [5, 5.41) is 11.7. The van der Waals surface area contributed by atoms with Crippen LogP contribution in [0.1, 0.15) is 86.5 Å². The van der Waals surface area contributed by atoms with Gasteiger partial charge < -0.3 is 14.6 Å². The van der Waals surface area contributed by atoms with Gasteiger partial charge in [0.2, 0.25) is 0 Å². The summed E-state index contributed by atoms with van der Waals surface area (Å²) in [6, 6.07) is 0. The van der Waals surface area contributed by atoms with Gasteiger partial charge in [-0.25, -0.2) is 0 Å². The van der Waals surface area contributed by atoms with Crippen LogP contribution in [0.25, 0.3) is 0 Å². The van der Waals surface area contributed by atoms with Gasteiger partial charge in [-0.15, -0.1) is 0 Å². The minimum Gasteiger partial charge on any atom is -0.469 e. The van der Waals surface area contributed by atoms with Crippen molar-refractivity contribution in [2.24, 2.45) is 39.9 Å². The van der Waals surface area contributed by atoms with E-state index in [0.29, 0.717) is 31.6 Å². The fourth-order valence-corrected chi connectivity index (χ4v) is 8.09. The second-order valence-corrected chi connectivity index (χ2v) is 13.1. The number of carbonyl (C=O) groups excluding carboxylic acids is 2. The summed E-state index contributed by atoms with van der Waals surface area (Å²) in [5.74, 6) is -0.491. The molecule has 0 amide bonds. The van der Waals surface area contributed by atoms with Crippen LogP contribution in [-0.2, 0) is 19.1 Å². The van der Waals surface area contributed by atoms with Crippen LogP contribution in [0, 0.1) is 39.9 Å². The molecule has 7 atom stereocenters. The largest absolute Gasteiger partial charge is 0.469 e. The van der Waals surface area contributed by atoms with Crippen LogP contribution < -0.4 is 0 Å². The molecule has 3 aliphatic rings. The van der Waals surface area contributed by atoms with Gasteiger partial charge >= 0.3 is 11.9 Å². The van der Waals surface area contributed by atoms with Gasteiger partial charge in [-0.1, -0.05) is 71.1 Å². The number of ether oxygens (including phenoxy) is 2. The van der Waals surface area contributed by atoms with E-state index in [1.165, 1.54) is 25.4 Å². The second kappa shape index (κ2) is 11.2. The van der Waals surface area contributed by atoms with Gasteiger partial charge in [-0.3, -0.25) is 9.59 Å². The fraction of sp³-hybridized carbons (Fsp3) is 0.697. The molecule has 0 aromatic heterocycles. The Hall–Kier alpha value is -2.14. The zero-order chi connectivity index (χ0) is 28.6. The molecule has 0 aromatic rings. The lowest BCUT2D eigenvalue weighted by atomic mass is 9.48. The number of fused-ring (bicyclic) bond motifs is 3. The summed E-state index contributed by atoms with van der Waals surface area (Å²) in [4.78, 5) is 25.4. The van der Waals surface area contributed by atoms with Crippen LogP contribution in [0.4, 0.5) is 0 Å². The number of hydrogen-bond donors (Lipinski definition) is 1. The number of carbonyl (C=O) groups is 2. The number of allylic oxidation sites excluding steroid dienone is 6. The SMILES string of the molecule is C=C(CCC(C(=O)OC)[C@H]1[C@H](O)C[C@@]2(C)C3=CC[C@@H](C(=C)C)[C@](C)(CCC(=O)OC)C3=CC[C@]12C)C(C)C. The maximum Gasteiger partial charge on any atom is 0.309 e. The first-order chi connectivity index (χ1) is 17.7. The third-order valence-corrected chi connectivity index (χ3v) is 10.8. The summed E-state index contributed by atoms with van der Waals surface area (Å²) in [5.41, 5.74) is 3.89. The Bertz CT molecular complexity index is 1030. The average molecular weight is 527 g/mol. The molecule has 0 aliphatic heterocycles. The molecule has 1 N–H and O–H groups in total. The Morgan fingerprint density at radius 2 is 1.74 bits per heavy atom. The van der Waals surface area contributed by atoms with Crippen molar-refractivity contribution >= 4 is 11.9 Å². The molecule has 212 valence electrons. The summed E-state index contributed by atoms with van der Waals surface area (Å²) in [6.07, 6.45) is 8.68. The summed E-state index contributed by atoms with van der Waals surface area (Å²) >= 11 is 0. The Balaban J connectivity index is 2.06. The highest BCUT2D eigenvalue weighted by molar-refractivity contribution is 5.73. The summed E-state index contributed by atoms with van der Waals surface area (Å²) in [7, 11) is 2.89. The topological polar surface area (TPSA) is 72.8 Å². The van der Waals surface area contributed by atoms with E-state index < -0.39 is 12.0 Å². The number of methoxy groups -OCH3 is 2. The van der Waals surface area contributed by atoms with E-state index in [2.05, 4.69) is 66.9 Å². The first kappa shape index (κ1) is 30.4. The molecule has 0 radical (unpaired) electrons. The number of aliphatic hydroxyl groups excluding tert-OH is 1. The van der Waals surface area contributed by atoms with Crippen LogP contribution in [0.3, 0.4) is 0 Å². The summed E-state index contributed by atoms with van der Waals surface area (Å²) < 4.78 is 10.3. The molecular weight excluding hydrogens is 476 g/mol. The van der Waals surface area contributed by atoms with E-state index in [1.54, 1.807) is 0 Å². The zero-order valence-corrected chi connectivity index (χ0v) is 25.0. The van der Waals surface area contributed by atoms with E-state index in [4.69, 9.17) is 9.47 Å². The van der Waals surface area contributed by atoms with E-state index >= 15 is 0 Å². The van der Waals surface area contributed by atoms with Crippen LogP contribution in [0.15, 0.2) is 47.6 Å². The van der Waals surface area contributed by atoms with Crippen molar-refractivity contribution in [3.63, 3.8) is 0 Å². The van der Waals surface area contributed by atoms with E-state index in [0.717, 1.165) is 30.4 Å². The lowest BCUT2D eigenvalue weighted by molar-refractivity contribution is -0.152. The molecular formula is C33H50O5. The highest BCUT2D eigenvalue weighted by atomic mass is 16.5. The van der Waals surface area contributed by atoms with Crippen molar-refractivity contribution in [1.29, 1.82) is 0 Å². The van der Waals surface area contributed by atoms with Crippen molar-refractivity contribution < 1.29 is 24.2 Å². The van der Waals surface area contributed by atoms with Gasteiger partial charge in [0.15, 0.2) is 0 Å². The van der Waals surface area contributed by atoms with E-state index in [9.17, 15) is 14.7 Å². The maximum atomic E-state index is 13.2. The third kappa shape index (κ3) is 4.96. The van der Waals surface area contributed by atoms with Crippen molar-refractivity contribution in [3.8, 4) is 0 Å². The predicted octanol–water partition coefficient (Wildman–Crippen LogP) is 6.97. The van der Waals surface area contributed by atoms with E-state index in [-0.39, 0.29) is 40.0 Å². The van der Waals surface area contributed by atoms with Crippen molar-refractivity contribution in [3.05, 3.63) is 47.6 Å². The highest BCUT2D eigenvalue weighted by Gasteiger charge is 2.65. The molecule has 0 aromatic carbocycles. The Kier molecular flexibility index (Phi) is 8.92. The van der Waals surface area contributed by atoms with Crippen molar-refractivity contribution in [1.82, 2.24) is 0 Å².